The lowest BCUT2D eigenvalue weighted by molar-refractivity contribution is -0.125. The van der Waals surface area contributed by atoms with Gasteiger partial charge in [-0.3, -0.25) is 14.6 Å². The highest BCUT2D eigenvalue weighted by molar-refractivity contribution is 6.30. The predicted molar refractivity (Wildman–Crippen MR) is 123 cm³/mol. The van der Waals surface area contributed by atoms with Gasteiger partial charge in [0.1, 0.15) is 5.75 Å². The normalized spacial score (nSPS) is 17.8. The number of rotatable bonds is 6. The van der Waals surface area contributed by atoms with Crippen molar-refractivity contribution >= 4 is 23.4 Å². The van der Waals surface area contributed by atoms with Gasteiger partial charge in [0.05, 0.1) is 25.3 Å². The van der Waals surface area contributed by atoms with E-state index in [2.05, 4.69) is 10.3 Å². The molecule has 2 heterocycles. The van der Waals surface area contributed by atoms with E-state index in [9.17, 15) is 9.59 Å². The van der Waals surface area contributed by atoms with Gasteiger partial charge in [-0.2, -0.15) is 0 Å². The van der Waals surface area contributed by atoms with Crippen molar-refractivity contribution in [3.63, 3.8) is 0 Å². The molecule has 0 saturated carbocycles. The van der Waals surface area contributed by atoms with Crippen molar-refractivity contribution in [1.82, 2.24) is 15.2 Å². The summed E-state index contributed by atoms with van der Waals surface area (Å²) in [5, 5.41) is 3.49. The third kappa shape index (κ3) is 4.92. The second-order valence-corrected chi connectivity index (χ2v) is 8.18. The number of hydrogen-bond acceptors (Lipinski definition) is 4. The van der Waals surface area contributed by atoms with Crippen LogP contribution in [-0.4, -0.2) is 41.9 Å². The molecule has 3 aromatic rings. The topological polar surface area (TPSA) is 71.5 Å². The lowest BCUT2D eigenvalue weighted by Crippen LogP contribution is -2.35. The number of methoxy groups -OCH3 is 1. The summed E-state index contributed by atoms with van der Waals surface area (Å²) in [6, 6.07) is 20.1. The fourth-order valence-electron chi connectivity index (χ4n) is 4.04. The van der Waals surface area contributed by atoms with Gasteiger partial charge in [-0.05, 0) is 48.0 Å². The molecule has 1 aromatic heterocycles. The molecule has 32 heavy (non-hydrogen) atoms. The molecule has 164 valence electrons. The molecule has 1 fully saturated rings. The fraction of sp³-hybridized carbons (Fsp3) is 0.240. The molecule has 2 amide bonds. The third-order valence-electron chi connectivity index (χ3n) is 5.73. The van der Waals surface area contributed by atoms with E-state index in [0.717, 1.165) is 17.0 Å². The summed E-state index contributed by atoms with van der Waals surface area (Å²) in [6.07, 6.45) is 1.70. The van der Waals surface area contributed by atoms with E-state index in [1.54, 1.807) is 42.5 Å². The highest BCUT2D eigenvalue weighted by atomic mass is 35.5. The van der Waals surface area contributed by atoms with Gasteiger partial charge < -0.3 is 15.0 Å². The Morgan fingerprint density at radius 1 is 1.09 bits per heavy atom. The minimum atomic E-state index is -0.379. The zero-order chi connectivity index (χ0) is 22.5. The molecular weight excluding hydrogens is 426 g/mol. The van der Waals surface area contributed by atoms with Crippen LogP contribution in [0.3, 0.4) is 0 Å². The zero-order valence-corrected chi connectivity index (χ0v) is 18.5. The second kappa shape index (κ2) is 9.83. The zero-order valence-electron chi connectivity index (χ0n) is 17.7. The van der Waals surface area contributed by atoms with Crippen molar-refractivity contribution < 1.29 is 14.3 Å². The molecule has 2 aromatic carbocycles. The summed E-state index contributed by atoms with van der Waals surface area (Å²) in [5.41, 5.74) is 2.29. The molecule has 4 rings (SSSR count). The minimum absolute atomic E-state index is 0.0992. The predicted octanol–water partition coefficient (Wildman–Crippen LogP) is 3.92. The Hall–Kier alpha value is -3.38. The van der Waals surface area contributed by atoms with Crippen molar-refractivity contribution in [3.05, 3.63) is 94.8 Å². The van der Waals surface area contributed by atoms with E-state index in [4.69, 9.17) is 16.3 Å². The summed E-state index contributed by atoms with van der Waals surface area (Å²) in [5.74, 6) is 0.00155. The SMILES string of the molecule is COc1ccc(C2CN(C(=O)c3cccc(Cl)c3)CC2C(=O)NCc2ccccn2)cc1. The van der Waals surface area contributed by atoms with Crippen LogP contribution < -0.4 is 10.1 Å². The van der Waals surface area contributed by atoms with Crippen LogP contribution in [0.5, 0.6) is 5.75 Å². The molecule has 1 aliphatic rings. The van der Waals surface area contributed by atoms with Crippen LogP contribution in [0.15, 0.2) is 72.9 Å². The van der Waals surface area contributed by atoms with Crippen molar-refractivity contribution in [1.29, 1.82) is 0 Å². The van der Waals surface area contributed by atoms with Crippen molar-refractivity contribution in [2.24, 2.45) is 5.92 Å². The van der Waals surface area contributed by atoms with E-state index in [-0.39, 0.29) is 23.7 Å². The van der Waals surface area contributed by atoms with Crippen LogP contribution in [0.4, 0.5) is 0 Å². The first-order valence-electron chi connectivity index (χ1n) is 10.4. The fourth-order valence-corrected chi connectivity index (χ4v) is 4.23. The highest BCUT2D eigenvalue weighted by Crippen LogP contribution is 2.34. The Morgan fingerprint density at radius 2 is 1.91 bits per heavy atom. The lowest BCUT2D eigenvalue weighted by Gasteiger charge is -2.18. The molecule has 0 aliphatic carbocycles. The quantitative estimate of drug-likeness (QED) is 0.619. The summed E-state index contributed by atoms with van der Waals surface area (Å²) in [4.78, 5) is 32.3. The summed E-state index contributed by atoms with van der Waals surface area (Å²) < 4.78 is 5.26. The summed E-state index contributed by atoms with van der Waals surface area (Å²) >= 11 is 6.07. The maximum Gasteiger partial charge on any atom is 0.253 e. The number of likely N-dealkylation sites (tertiary alicyclic amines) is 1. The van der Waals surface area contributed by atoms with Gasteiger partial charge >= 0.3 is 0 Å². The molecule has 0 spiro atoms. The minimum Gasteiger partial charge on any atom is -0.497 e. The number of halogens is 1. The number of amides is 2. The molecule has 7 heteroatoms. The number of carbonyl (C=O) groups is 2. The smallest absolute Gasteiger partial charge is 0.253 e. The Morgan fingerprint density at radius 3 is 2.59 bits per heavy atom. The van der Waals surface area contributed by atoms with Crippen molar-refractivity contribution in [3.8, 4) is 5.75 Å². The molecule has 1 N–H and O–H groups in total. The molecule has 1 aliphatic heterocycles. The molecule has 2 unspecified atom stereocenters. The molecular formula is C25H24ClN3O3. The Kier molecular flexibility index (Phi) is 6.71. The number of pyridine rings is 1. The van der Waals surface area contributed by atoms with Gasteiger partial charge in [-0.15, -0.1) is 0 Å². The van der Waals surface area contributed by atoms with Crippen LogP contribution in [0.1, 0.15) is 27.5 Å². The summed E-state index contributed by atoms with van der Waals surface area (Å²) in [7, 11) is 1.61. The van der Waals surface area contributed by atoms with Gasteiger partial charge in [0, 0.05) is 35.8 Å². The van der Waals surface area contributed by atoms with Gasteiger partial charge in [-0.25, -0.2) is 0 Å². The van der Waals surface area contributed by atoms with E-state index >= 15 is 0 Å². The average molecular weight is 450 g/mol. The molecule has 0 radical (unpaired) electrons. The van der Waals surface area contributed by atoms with E-state index in [0.29, 0.717) is 30.2 Å². The van der Waals surface area contributed by atoms with Crippen molar-refractivity contribution in [2.75, 3.05) is 20.2 Å². The first-order chi connectivity index (χ1) is 15.5. The van der Waals surface area contributed by atoms with Gasteiger partial charge in [0.2, 0.25) is 5.91 Å². The second-order valence-electron chi connectivity index (χ2n) is 7.75. The maximum absolute atomic E-state index is 13.2. The number of benzene rings is 2. The standard InChI is InChI=1S/C25H24ClN3O3/c1-32-21-10-8-17(9-11-21)22-15-29(25(31)18-5-4-6-19(26)13-18)16-23(22)24(30)28-14-20-7-2-3-12-27-20/h2-13,22-23H,14-16H2,1H3,(H,28,30). The Labute approximate surface area is 192 Å². The average Bonchev–Trinajstić information content (AvgIpc) is 3.28. The molecule has 1 saturated heterocycles. The molecule has 6 nitrogen and oxygen atoms in total. The van der Waals surface area contributed by atoms with Crippen LogP contribution in [0, 0.1) is 5.92 Å². The van der Waals surface area contributed by atoms with Crippen LogP contribution in [0.2, 0.25) is 5.02 Å². The van der Waals surface area contributed by atoms with Gasteiger partial charge in [0.15, 0.2) is 0 Å². The number of hydrogen-bond donors (Lipinski definition) is 1. The van der Waals surface area contributed by atoms with Gasteiger partial charge in [-0.1, -0.05) is 35.9 Å². The molecule has 2 atom stereocenters. The van der Waals surface area contributed by atoms with Crippen molar-refractivity contribution in [2.45, 2.75) is 12.5 Å². The van der Waals surface area contributed by atoms with Gasteiger partial charge in [0.25, 0.3) is 5.91 Å². The van der Waals surface area contributed by atoms with E-state index in [1.807, 2.05) is 42.5 Å². The van der Waals surface area contributed by atoms with E-state index in [1.165, 1.54) is 0 Å². The first kappa shape index (κ1) is 21.8. The number of nitrogens with one attached hydrogen (secondary N) is 1. The number of aromatic nitrogens is 1. The third-order valence-corrected chi connectivity index (χ3v) is 5.96. The maximum atomic E-state index is 13.2. The summed E-state index contributed by atoms with van der Waals surface area (Å²) in [6.45, 7) is 1.11. The van der Waals surface area contributed by atoms with Crippen LogP contribution in [0.25, 0.3) is 0 Å². The first-order valence-corrected chi connectivity index (χ1v) is 10.8. The van der Waals surface area contributed by atoms with E-state index < -0.39 is 0 Å². The number of nitrogens with zero attached hydrogens (tertiary/aromatic N) is 2. The molecule has 0 bridgehead atoms. The number of carbonyl (C=O) groups excluding carboxylic acids is 2. The highest BCUT2D eigenvalue weighted by Gasteiger charge is 2.40. The largest absolute Gasteiger partial charge is 0.497 e. The lowest BCUT2D eigenvalue weighted by atomic mass is 9.88. The number of ether oxygens (including phenoxy) is 1. The monoisotopic (exact) mass is 449 g/mol. The van der Waals surface area contributed by atoms with Crippen LogP contribution >= 0.6 is 11.6 Å². The Bertz CT molecular complexity index is 1090. The Balaban J connectivity index is 1.55. The van der Waals surface area contributed by atoms with Crippen LogP contribution in [-0.2, 0) is 11.3 Å².